The maximum Gasteiger partial charge on any atom is 0.325 e. The van der Waals surface area contributed by atoms with Gasteiger partial charge in [0.05, 0.1) is 28.1 Å². The SMILES string of the molecule is COC(=O)Cn1c(=NC(=O)C2c3ccccc3Oc3ccccc32)sc2cc(S(C)(=O)=O)ccc21. The quantitative estimate of drug-likeness (QED) is 0.390. The largest absolute Gasteiger partial charge is 0.468 e. The zero-order chi connectivity index (χ0) is 24.7. The molecule has 8 nitrogen and oxygen atoms in total. The first kappa shape index (κ1) is 23.0. The first-order valence-electron chi connectivity index (χ1n) is 10.6. The van der Waals surface area contributed by atoms with Gasteiger partial charge in [0.25, 0.3) is 5.91 Å². The van der Waals surface area contributed by atoms with Crippen LogP contribution >= 0.6 is 11.3 Å². The van der Waals surface area contributed by atoms with Crippen LogP contribution in [0.25, 0.3) is 10.2 Å². The van der Waals surface area contributed by atoms with Gasteiger partial charge in [-0.3, -0.25) is 9.59 Å². The fourth-order valence-electron chi connectivity index (χ4n) is 4.05. The van der Waals surface area contributed by atoms with E-state index < -0.39 is 27.6 Å². The minimum absolute atomic E-state index is 0.140. The van der Waals surface area contributed by atoms with Gasteiger partial charge in [0.2, 0.25) is 0 Å². The summed E-state index contributed by atoms with van der Waals surface area (Å²) >= 11 is 1.13. The number of amides is 1. The van der Waals surface area contributed by atoms with E-state index in [1.807, 2.05) is 36.4 Å². The number of sulfone groups is 1. The Bertz CT molecular complexity index is 1620. The molecule has 0 saturated heterocycles. The highest BCUT2D eigenvalue weighted by molar-refractivity contribution is 7.90. The summed E-state index contributed by atoms with van der Waals surface area (Å²) in [6.45, 7) is -0.179. The van der Waals surface area contributed by atoms with Crippen LogP contribution in [-0.2, 0) is 30.7 Å². The predicted molar refractivity (Wildman–Crippen MR) is 130 cm³/mol. The highest BCUT2D eigenvalue weighted by atomic mass is 32.2. The third-order valence-corrected chi connectivity index (χ3v) is 7.88. The molecule has 3 aromatic carbocycles. The van der Waals surface area contributed by atoms with Gasteiger partial charge in [-0.15, -0.1) is 0 Å². The van der Waals surface area contributed by atoms with Gasteiger partial charge >= 0.3 is 5.97 Å². The highest BCUT2D eigenvalue weighted by Gasteiger charge is 2.32. The van der Waals surface area contributed by atoms with Crippen LogP contribution in [-0.4, -0.2) is 38.2 Å². The van der Waals surface area contributed by atoms with Gasteiger partial charge in [0, 0.05) is 17.4 Å². The second kappa shape index (κ2) is 8.79. The van der Waals surface area contributed by atoms with E-state index in [0.717, 1.165) is 17.6 Å². The molecule has 0 bridgehead atoms. The van der Waals surface area contributed by atoms with E-state index >= 15 is 0 Å². The Morgan fingerprint density at radius 1 is 1.03 bits per heavy atom. The summed E-state index contributed by atoms with van der Waals surface area (Å²) in [6.07, 6.45) is 1.12. The van der Waals surface area contributed by atoms with Crippen molar-refractivity contribution in [2.75, 3.05) is 13.4 Å². The Morgan fingerprint density at radius 3 is 2.26 bits per heavy atom. The van der Waals surface area contributed by atoms with Crippen LogP contribution in [0.2, 0.25) is 0 Å². The van der Waals surface area contributed by atoms with Gasteiger partial charge < -0.3 is 14.0 Å². The Kier molecular flexibility index (Phi) is 5.78. The standard InChI is InChI=1S/C25H20N2O6S2/c1-32-22(28)14-27-18-12-11-15(35(2,30)31)13-21(18)34-25(27)26-24(29)23-16-7-3-5-9-19(16)33-20-10-6-4-8-17(20)23/h3-13,23H,14H2,1-2H3. The number of carbonyl (C=O) groups is 2. The fraction of sp³-hybridized carbons (Fsp3) is 0.160. The van der Waals surface area contributed by atoms with E-state index in [1.54, 1.807) is 22.8 Å². The molecule has 0 spiro atoms. The van der Waals surface area contributed by atoms with Crippen molar-refractivity contribution in [1.29, 1.82) is 0 Å². The van der Waals surface area contributed by atoms with Gasteiger partial charge in [0.15, 0.2) is 14.6 Å². The van der Waals surface area contributed by atoms with Crippen LogP contribution in [0.3, 0.4) is 0 Å². The number of fused-ring (bicyclic) bond motifs is 3. The number of esters is 1. The second-order valence-electron chi connectivity index (χ2n) is 8.01. The van der Waals surface area contributed by atoms with Crippen molar-refractivity contribution < 1.29 is 27.5 Å². The summed E-state index contributed by atoms with van der Waals surface area (Å²) in [6, 6.07) is 19.2. The molecule has 0 radical (unpaired) electrons. The molecule has 1 aliphatic rings. The summed E-state index contributed by atoms with van der Waals surface area (Å²) in [5.41, 5.74) is 1.96. The first-order chi connectivity index (χ1) is 16.8. The molecule has 0 aliphatic carbocycles. The van der Waals surface area contributed by atoms with Crippen molar-refractivity contribution in [3.63, 3.8) is 0 Å². The molecule has 0 atom stereocenters. The van der Waals surface area contributed by atoms with Crippen LogP contribution in [0.4, 0.5) is 0 Å². The number of aromatic nitrogens is 1. The van der Waals surface area contributed by atoms with E-state index in [0.29, 0.717) is 32.8 Å². The molecule has 0 fully saturated rings. The van der Waals surface area contributed by atoms with E-state index in [4.69, 9.17) is 9.47 Å². The summed E-state index contributed by atoms with van der Waals surface area (Å²) in [4.78, 5) is 30.6. The molecule has 1 aliphatic heterocycles. The molecule has 1 amide bonds. The van der Waals surface area contributed by atoms with Crippen molar-refractivity contribution >= 4 is 43.3 Å². The molecule has 4 aromatic rings. The topological polar surface area (TPSA) is 104 Å². The molecule has 2 heterocycles. The van der Waals surface area contributed by atoms with Gasteiger partial charge in [-0.25, -0.2) is 8.42 Å². The van der Waals surface area contributed by atoms with Gasteiger partial charge in [-0.2, -0.15) is 4.99 Å². The average Bonchev–Trinajstić information content (AvgIpc) is 3.17. The van der Waals surface area contributed by atoms with Crippen LogP contribution in [0.5, 0.6) is 11.5 Å². The van der Waals surface area contributed by atoms with Gasteiger partial charge in [-0.05, 0) is 30.3 Å². The zero-order valence-electron chi connectivity index (χ0n) is 18.8. The Balaban J connectivity index is 1.69. The van der Waals surface area contributed by atoms with E-state index in [2.05, 4.69) is 4.99 Å². The molecule has 1 aromatic heterocycles. The number of hydrogen-bond acceptors (Lipinski definition) is 7. The number of ether oxygens (including phenoxy) is 2. The lowest BCUT2D eigenvalue weighted by Crippen LogP contribution is -2.25. The van der Waals surface area contributed by atoms with Crippen molar-refractivity contribution in [3.05, 3.63) is 82.7 Å². The van der Waals surface area contributed by atoms with Crippen molar-refractivity contribution in [2.45, 2.75) is 17.4 Å². The monoisotopic (exact) mass is 508 g/mol. The van der Waals surface area contributed by atoms with Gasteiger partial charge in [-0.1, -0.05) is 47.7 Å². The van der Waals surface area contributed by atoms with E-state index in [1.165, 1.54) is 19.2 Å². The van der Waals surface area contributed by atoms with Crippen LogP contribution < -0.4 is 9.54 Å². The minimum Gasteiger partial charge on any atom is -0.468 e. The number of carbonyl (C=O) groups excluding carboxylic acids is 2. The maximum atomic E-state index is 13.7. The smallest absolute Gasteiger partial charge is 0.325 e. The third-order valence-electron chi connectivity index (χ3n) is 5.73. The molecule has 0 N–H and O–H groups in total. The lowest BCUT2D eigenvalue weighted by molar-refractivity contribution is -0.141. The number of rotatable bonds is 4. The van der Waals surface area contributed by atoms with Crippen LogP contribution in [0, 0.1) is 0 Å². The summed E-state index contributed by atoms with van der Waals surface area (Å²) in [7, 11) is -2.16. The predicted octanol–water partition coefficient (Wildman–Crippen LogP) is 3.64. The number of para-hydroxylation sites is 2. The first-order valence-corrected chi connectivity index (χ1v) is 13.3. The number of methoxy groups -OCH3 is 1. The van der Waals surface area contributed by atoms with E-state index in [9.17, 15) is 18.0 Å². The molecule has 178 valence electrons. The van der Waals surface area contributed by atoms with Crippen LogP contribution in [0.1, 0.15) is 17.0 Å². The summed E-state index contributed by atoms with van der Waals surface area (Å²) in [5, 5.41) is 0. The molecule has 10 heteroatoms. The molecular weight excluding hydrogens is 488 g/mol. The Hall–Kier alpha value is -3.76. The number of benzene rings is 3. The molecule has 0 saturated carbocycles. The normalized spacial score (nSPS) is 13.7. The Labute approximate surface area is 205 Å². The maximum absolute atomic E-state index is 13.7. The van der Waals surface area contributed by atoms with Crippen molar-refractivity contribution in [3.8, 4) is 11.5 Å². The number of thiazole rings is 1. The molecule has 5 rings (SSSR count). The minimum atomic E-state index is -3.44. The fourth-order valence-corrected chi connectivity index (χ4v) is 5.85. The summed E-state index contributed by atoms with van der Waals surface area (Å²) in [5.74, 6) is -0.485. The van der Waals surface area contributed by atoms with Gasteiger partial charge in [0.1, 0.15) is 18.0 Å². The average molecular weight is 509 g/mol. The number of hydrogen-bond donors (Lipinski definition) is 0. The highest BCUT2D eigenvalue weighted by Crippen LogP contribution is 2.44. The molecule has 35 heavy (non-hydrogen) atoms. The van der Waals surface area contributed by atoms with Crippen LogP contribution in [0.15, 0.2) is 76.6 Å². The lowest BCUT2D eigenvalue weighted by Gasteiger charge is -2.25. The second-order valence-corrected chi connectivity index (χ2v) is 11.0. The molecule has 0 unspecified atom stereocenters. The van der Waals surface area contributed by atoms with Crippen molar-refractivity contribution in [1.82, 2.24) is 4.57 Å². The van der Waals surface area contributed by atoms with E-state index in [-0.39, 0.29) is 16.2 Å². The Morgan fingerprint density at radius 2 is 1.66 bits per heavy atom. The third kappa shape index (κ3) is 4.26. The lowest BCUT2D eigenvalue weighted by atomic mass is 9.87. The zero-order valence-corrected chi connectivity index (χ0v) is 20.4. The number of nitrogens with zero attached hydrogens (tertiary/aromatic N) is 2. The van der Waals surface area contributed by atoms with Crippen molar-refractivity contribution in [2.24, 2.45) is 4.99 Å². The summed E-state index contributed by atoms with van der Waals surface area (Å²) < 4.78 is 37.0. The molecular formula is C25H20N2O6S2.